The largest absolute Gasteiger partial charge is 0.422 e. The van der Waals surface area contributed by atoms with Crippen LogP contribution in [0.15, 0.2) is 115 Å². The van der Waals surface area contributed by atoms with Crippen LogP contribution in [0.1, 0.15) is 26.3 Å². The van der Waals surface area contributed by atoms with Crippen LogP contribution in [-0.4, -0.2) is 11.8 Å². The highest BCUT2D eigenvalue weighted by molar-refractivity contribution is 6.07. The predicted octanol–water partition coefficient (Wildman–Crippen LogP) is 6.47. The van der Waals surface area contributed by atoms with Gasteiger partial charge in [-0.25, -0.2) is 4.79 Å². The molecule has 0 atom stereocenters. The summed E-state index contributed by atoms with van der Waals surface area (Å²) < 4.78 is 5.53. The number of hydrogen-bond acceptors (Lipinski definition) is 3. The number of ether oxygens (including phenoxy) is 1. The third-order valence-electron chi connectivity index (χ3n) is 4.82. The molecule has 0 saturated carbocycles. The van der Waals surface area contributed by atoms with Crippen LogP contribution < -0.4 is 4.74 Å². The maximum absolute atomic E-state index is 12.6. The molecule has 4 rings (SSSR count). The van der Waals surface area contributed by atoms with Crippen LogP contribution in [0, 0.1) is 0 Å². The summed E-state index contributed by atoms with van der Waals surface area (Å²) in [6.45, 7) is 0. The molecule has 4 aromatic rings. The van der Waals surface area contributed by atoms with E-state index in [1.807, 2.05) is 66.7 Å². The van der Waals surface area contributed by atoms with Gasteiger partial charge in [0.1, 0.15) is 5.75 Å². The van der Waals surface area contributed by atoms with Gasteiger partial charge in [0.25, 0.3) is 0 Å². The Kier molecular flexibility index (Phi) is 6.15. The third-order valence-corrected chi connectivity index (χ3v) is 4.82. The smallest absolute Gasteiger partial charge is 0.343 e. The van der Waals surface area contributed by atoms with Crippen molar-refractivity contribution in [3.8, 4) is 16.9 Å². The van der Waals surface area contributed by atoms with E-state index in [4.69, 9.17) is 4.74 Å². The van der Waals surface area contributed by atoms with Crippen molar-refractivity contribution in [2.24, 2.45) is 0 Å². The number of para-hydroxylation sites is 1. The van der Waals surface area contributed by atoms with Gasteiger partial charge in [0.15, 0.2) is 5.78 Å². The van der Waals surface area contributed by atoms with Crippen molar-refractivity contribution in [2.75, 3.05) is 0 Å². The first-order valence-electron chi connectivity index (χ1n) is 9.95. The van der Waals surface area contributed by atoms with E-state index in [0.717, 1.165) is 11.1 Å². The Morgan fingerprint density at radius 3 is 1.87 bits per heavy atom. The minimum Gasteiger partial charge on any atom is -0.422 e. The molecular formula is C28H20O3. The Labute approximate surface area is 181 Å². The molecule has 0 fully saturated rings. The molecule has 0 aliphatic rings. The van der Waals surface area contributed by atoms with E-state index >= 15 is 0 Å². The highest BCUT2D eigenvalue weighted by atomic mass is 16.5. The predicted molar refractivity (Wildman–Crippen MR) is 123 cm³/mol. The van der Waals surface area contributed by atoms with Crippen LogP contribution in [0.3, 0.4) is 0 Å². The molecule has 0 aliphatic heterocycles. The second-order valence-corrected chi connectivity index (χ2v) is 6.93. The Bertz CT molecular complexity index is 1210. The highest BCUT2D eigenvalue weighted by Crippen LogP contribution is 2.22. The lowest BCUT2D eigenvalue weighted by Crippen LogP contribution is -2.08. The molecule has 0 aromatic heterocycles. The molecule has 0 bridgehead atoms. The van der Waals surface area contributed by atoms with Crippen molar-refractivity contribution in [3.05, 3.63) is 132 Å². The number of hydrogen-bond donors (Lipinski definition) is 0. The molecule has 0 N–H and O–H groups in total. The number of benzene rings is 4. The van der Waals surface area contributed by atoms with Gasteiger partial charge in [-0.3, -0.25) is 4.79 Å². The standard InChI is InChI=1S/C28H20O3/c29-26(23-17-15-22(16-18-23)21-9-3-1-4-10-21)20-19-24-11-7-8-14-27(24)31-28(30)25-12-5-2-6-13-25/h1-20H. The molecule has 3 heteroatoms. The second kappa shape index (κ2) is 9.51. The molecule has 0 heterocycles. The van der Waals surface area contributed by atoms with E-state index in [1.54, 1.807) is 48.5 Å². The maximum Gasteiger partial charge on any atom is 0.343 e. The number of rotatable bonds is 6. The van der Waals surface area contributed by atoms with E-state index in [0.29, 0.717) is 22.4 Å². The van der Waals surface area contributed by atoms with Crippen molar-refractivity contribution in [1.29, 1.82) is 0 Å². The first kappa shape index (κ1) is 20.0. The van der Waals surface area contributed by atoms with Crippen LogP contribution in [0.25, 0.3) is 17.2 Å². The average Bonchev–Trinajstić information content (AvgIpc) is 2.84. The topological polar surface area (TPSA) is 43.4 Å². The summed E-state index contributed by atoms with van der Waals surface area (Å²) in [6, 6.07) is 33.4. The lowest BCUT2D eigenvalue weighted by Gasteiger charge is -2.07. The van der Waals surface area contributed by atoms with Gasteiger partial charge in [-0.1, -0.05) is 91.0 Å². The molecule has 3 nitrogen and oxygen atoms in total. The summed E-state index contributed by atoms with van der Waals surface area (Å²) in [5, 5.41) is 0. The zero-order valence-corrected chi connectivity index (χ0v) is 16.8. The fourth-order valence-corrected chi connectivity index (χ4v) is 3.16. The summed E-state index contributed by atoms with van der Waals surface area (Å²) in [4.78, 5) is 25.0. The maximum atomic E-state index is 12.6. The fraction of sp³-hybridized carbons (Fsp3) is 0. The minimum atomic E-state index is -0.440. The van der Waals surface area contributed by atoms with E-state index < -0.39 is 5.97 Å². The minimum absolute atomic E-state index is 0.121. The summed E-state index contributed by atoms with van der Waals surface area (Å²) >= 11 is 0. The molecular weight excluding hydrogens is 384 g/mol. The van der Waals surface area contributed by atoms with Gasteiger partial charge in [0.05, 0.1) is 5.56 Å². The molecule has 31 heavy (non-hydrogen) atoms. The molecule has 4 aromatic carbocycles. The summed E-state index contributed by atoms with van der Waals surface area (Å²) in [6.07, 6.45) is 3.16. The normalized spacial score (nSPS) is 10.7. The second-order valence-electron chi connectivity index (χ2n) is 6.93. The van der Waals surface area contributed by atoms with Crippen LogP contribution >= 0.6 is 0 Å². The van der Waals surface area contributed by atoms with Crippen molar-refractivity contribution in [1.82, 2.24) is 0 Å². The van der Waals surface area contributed by atoms with Gasteiger partial charge in [-0.15, -0.1) is 0 Å². The van der Waals surface area contributed by atoms with Gasteiger partial charge in [0.2, 0.25) is 0 Å². The Balaban J connectivity index is 1.48. The van der Waals surface area contributed by atoms with Gasteiger partial charge >= 0.3 is 5.97 Å². The lowest BCUT2D eigenvalue weighted by atomic mass is 10.0. The first-order valence-corrected chi connectivity index (χ1v) is 9.95. The first-order chi connectivity index (χ1) is 15.2. The molecule has 0 unspecified atom stereocenters. The average molecular weight is 404 g/mol. The van der Waals surface area contributed by atoms with Crippen molar-refractivity contribution >= 4 is 17.8 Å². The molecule has 0 amide bonds. The van der Waals surface area contributed by atoms with Gasteiger partial charge in [-0.2, -0.15) is 0 Å². The van der Waals surface area contributed by atoms with Crippen LogP contribution in [-0.2, 0) is 0 Å². The zero-order valence-electron chi connectivity index (χ0n) is 16.8. The van der Waals surface area contributed by atoms with E-state index in [-0.39, 0.29) is 5.78 Å². The number of carbonyl (C=O) groups excluding carboxylic acids is 2. The Morgan fingerprint density at radius 2 is 1.16 bits per heavy atom. The molecule has 0 spiro atoms. The summed E-state index contributed by atoms with van der Waals surface area (Å²) in [7, 11) is 0. The van der Waals surface area contributed by atoms with Gasteiger partial charge in [-0.05, 0) is 41.5 Å². The molecule has 0 aliphatic carbocycles. The van der Waals surface area contributed by atoms with Crippen LogP contribution in [0.5, 0.6) is 5.75 Å². The monoisotopic (exact) mass is 404 g/mol. The molecule has 0 saturated heterocycles. The number of ketones is 1. The van der Waals surface area contributed by atoms with Gasteiger partial charge < -0.3 is 4.74 Å². The SMILES string of the molecule is O=C(C=Cc1ccccc1OC(=O)c1ccccc1)c1ccc(-c2ccccc2)cc1. The quantitative estimate of drug-likeness (QED) is 0.160. The Hall–Kier alpha value is -4.24. The van der Waals surface area contributed by atoms with E-state index in [9.17, 15) is 9.59 Å². The fourth-order valence-electron chi connectivity index (χ4n) is 3.16. The van der Waals surface area contributed by atoms with Gasteiger partial charge in [0, 0.05) is 11.1 Å². The van der Waals surface area contributed by atoms with Crippen molar-refractivity contribution < 1.29 is 14.3 Å². The zero-order chi connectivity index (χ0) is 21.5. The van der Waals surface area contributed by atoms with Crippen LogP contribution in [0.4, 0.5) is 0 Å². The van der Waals surface area contributed by atoms with Crippen molar-refractivity contribution in [3.63, 3.8) is 0 Å². The highest BCUT2D eigenvalue weighted by Gasteiger charge is 2.10. The number of carbonyl (C=O) groups is 2. The molecule has 0 radical (unpaired) electrons. The third kappa shape index (κ3) is 5.03. The summed E-state index contributed by atoms with van der Waals surface area (Å²) in [5.74, 6) is -0.159. The van der Waals surface area contributed by atoms with Crippen LogP contribution in [0.2, 0.25) is 0 Å². The number of esters is 1. The van der Waals surface area contributed by atoms with E-state index in [1.165, 1.54) is 6.08 Å². The Morgan fingerprint density at radius 1 is 0.581 bits per heavy atom. The van der Waals surface area contributed by atoms with E-state index in [2.05, 4.69) is 0 Å². The summed E-state index contributed by atoms with van der Waals surface area (Å²) in [5.41, 5.74) is 3.87. The number of allylic oxidation sites excluding steroid dienone is 1. The lowest BCUT2D eigenvalue weighted by molar-refractivity contribution is 0.0734. The van der Waals surface area contributed by atoms with Crippen molar-refractivity contribution in [2.45, 2.75) is 0 Å². The molecule has 150 valence electrons.